The summed E-state index contributed by atoms with van der Waals surface area (Å²) >= 11 is 0. The number of nitrogens with one attached hydrogen (secondary N) is 2. The number of hydrogen-bond acceptors (Lipinski definition) is 4. The molecule has 1 amide bonds. The van der Waals surface area contributed by atoms with Crippen LogP contribution in [0.2, 0.25) is 0 Å². The predicted octanol–water partition coefficient (Wildman–Crippen LogP) is 0.644. The van der Waals surface area contributed by atoms with E-state index in [1.807, 2.05) is 0 Å². The third-order valence-electron chi connectivity index (χ3n) is 3.05. The van der Waals surface area contributed by atoms with Gasteiger partial charge in [0.1, 0.15) is 22.9 Å². The molecule has 0 bridgehead atoms. The van der Waals surface area contributed by atoms with Gasteiger partial charge in [0, 0.05) is 19.6 Å². The minimum Gasteiger partial charge on any atom is -0.386 e. The molecule has 1 aliphatic heterocycles. The van der Waals surface area contributed by atoms with E-state index in [0.717, 1.165) is 12.1 Å². The fourth-order valence-electron chi connectivity index (χ4n) is 1.95. The Morgan fingerprint density at radius 1 is 1.40 bits per heavy atom. The number of rotatable bonds is 5. The Bertz CT molecular complexity index is 470. The fourth-order valence-corrected chi connectivity index (χ4v) is 1.95. The molecule has 1 fully saturated rings. The van der Waals surface area contributed by atoms with Crippen molar-refractivity contribution < 1.29 is 23.4 Å². The number of carbonyl (C=O) groups is 1. The number of amides is 1. The van der Waals surface area contributed by atoms with Crippen LogP contribution in [0.4, 0.5) is 14.5 Å². The third kappa shape index (κ3) is 3.72. The molecule has 1 aliphatic rings. The van der Waals surface area contributed by atoms with Crippen LogP contribution in [-0.2, 0) is 9.53 Å². The first-order chi connectivity index (χ1) is 9.50. The Hall–Kier alpha value is -1.57. The highest BCUT2D eigenvalue weighted by Gasteiger charge is 2.31. The zero-order valence-corrected chi connectivity index (χ0v) is 10.8. The van der Waals surface area contributed by atoms with Gasteiger partial charge in [0.2, 0.25) is 5.91 Å². The molecule has 1 aromatic carbocycles. The van der Waals surface area contributed by atoms with Gasteiger partial charge in [-0.2, -0.15) is 0 Å². The van der Waals surface area contributed by atoms with Crippen LogP contribution in [0.5, 0.6) is 0 Å². The van der Waals surface area contributed by atoms with Gasteiger partial charge in [0.05, 0.1) is 13.2 Å². The van der Waals surface area contributed by atoms with E-state index >= 15 is 0 Å². The van der Waals surface area contributed by atoms with Gasteiger partial charge in [-0.1, -0.05) is 6.07 Å². The molecule has 1 saturated heterocycles. The highest BCUT2D eigenvalue weighted by molar-refractivity contribution is 5.92. The number of para-hydroxylation sites is 1. The van der Waals surface area contributed by atoms with Crippen molar-refractivity contribution in [2.24, 2.45) is 0 Å². The van der Waals surface area contributed by atoms with Crippen LogP contribution in [-0.4, -0.2) is 42.9 Å². The Morgan fingerprint density at radius 2 is 2.10 bits per heavy atom. The lowest BCUT2D eigenvalue weighted by Gasteiger charge is -2.20. The lowest BCUT2D eigenvalue weighted by Crippen LogP contribution is -2.43. The monoisotopic (exact) mass is 286 g/mol. The summed E-state index contributed by atoms with van der Waals surface area (Å²) in [6.45, 7) is 0.713. The second-order valence-electron chi connectivity index (χ2n) is 4.78. The van der Waals surface area contributed by atoms with E-state index in [1.54, 1.807) is 0 Å². The zero-order chi connectivity index (χ0) is 14.6. The summed E-state index contributed by atoms with van der Waals surface area (Å²) in [6, 6.07) is 3.34. The first-order valence-corrected chi connectivity index (χ1v) is 6.25. The van der Waals surface area contributed by atoms with Gasteiger partial charge >= 0.3 is 0 Å². The van der Waals surface area contributed by atoms with Gasteiger partial charge < -0.3 is 20.5 Å². The molecule has 0 saturated carbocycles. The van der Waals surface area contributed by atoms with Crippen molar-refractivity contribution in [1.82, 2.24) is 5.32 Å². The molecule has 5 nitrogen and oxygen atoms in total. The number of hydrogen-bond donors (Lipinski definition) is 3. The highest BCUT2D eigenvalue weighted by Crippen LogP contribution is 2.18. The number of ether oxygens (including phenoxy) is 1. The van der Waals surface area contributed by atoms with Crippen molar-refractivity contribution in [1.29, 1.82) is 0 Å². The average molecular weight is 286 g/mol. The molecule has 2 rings (SSSR count). The molecule has 20 heavy (non-hydrogen) atoms. The number of aliphatic hydroxyl groups is 1. The van der Waals surface area contributed by atoms with Crippen LogP contribution >= 0.6 is 0 Å². The molecule has 110 valence electrons. The first-order valence-electron chi connectivity index (χ1n) is 6.25. The quantitative estimate of drug-likeness (QED) is 0.743. The lowest BCUT2D eigenvalue weighted by atomic mass is 10.0. The molecule has 0 aliphatic carbocycles. The molecule has 7 heteroatoms. The first kappa shape index (κ1) is 14.8. The maximum atomic E-state index is 13.3. The molecule has 0 aromatic heterocycles. The van der Waals surface area contributed by atoms with Crippen molar-refractivity contribution in [2.45, 2.75) is 12.0 Å². The van der Waals surface area contributed by atoms with Crippen LogP contribution in [0.1, 0.15) is 6.42 Å². The average Bonchev–Trinajstić information content (AvgIpc) is 2.81. The Morgan fingerprint density at radius 3 is 2.70 bits per heavy atom. The Labute approximate surface area is 114 Å². The van der Waals surface area contributed by atoms with E-state index < -0.39 is 28.8 Å². The van der Waals surface area contributed by atoms with E-state index in [1.165, 1.54) is 6.07 Å². The van der Waals surface area contributed by atoms with E-state index in [2.05, 4.69) is 10.6 Å². The third-order valence-corrected chi connectivity index (χ3v) is 3.05. The fraction of sp³-hybridized carbons (Fsp3) is 0.462. The summed E-state index contributed by atoms with van der Waals surface area (Å²) < 4.78 is 31.7. The number of carbonyl (C=O) groups excluding carboxylic acids is 1. The second kappa shape index (κ2) is 6.25. The Kier molecular flexibility index (Phi) is 4.64. The van der Waals surface area contributed by atoms with E-state index in [-0.39, 0.29) is 19.7 Å². The van der Waals surface area contributed by atoms with Gasteiger partial charge in [-0.25, -0.2) is 8.78 Å². The number of halogens is 2. The Balaban J connectivity index is 1.81. The number of benzene rings is 1. The standard InChI is InChI=1S/C13H16F2N2O3/c14-9-2-1-3-10(15)12(9)17-11(18)6-16-7-13(19)4-5-20-8-13/h1-3,16,19H,4-8H2,(H,17,18). The highest BCUT2D eigenvalue weighted by atomic mass is 19.1. The molecule has 1 atom stereocenters. The van der Waals surface area contributed by atoms with E-state index in [4.69, 9.17) is 4.74 Å². The maximum Gasteiger partial charge on any atom is 0.238 e. The summed E-state index contributed by atoms with van der Waals surface area (Å²) in [7, 11) is 0. The smallest absolute Gasteiger partial charge is 0.238 e. The van der Waals surface area contributed by atoms with Crippen molar-refractivity contribution >= 4 is 11.6 Å². The predicted molar refractivity (Wildman–Crippen MR) is 68.2 cm³/mol. The maximum absolute atomic E-state index is 13.3. The normalized spacial score (nSPS) is 21.9. The topological polar surface area (TPSA) is 70.6 Å². The molecule has 1 aromatic rings. The molecule has 0 radical (unpaired) electrons. The summed E-state index contributed by atoms with van der Waals surface area (Å²) in [4.78, 5) is 11.6. The lowest BCUT2D eigenvalue weighted by molar-refractivity contribution is -0.115. The summed E-state index contributed by atoms with van der Waals surface area (Å²) in [5.74, 6) is -2.25. The van der Waals surface area contributed by atoms with Crippen molar-refractivity contribution in [3.8, 4) is 0 Å². The van der Waals surface area contributed by atoms with Crippen LogP contribution in [0, 0.1) is 11.6 Å². The molecule has 1 heterocycles. The summed E-state index contributed by atoms with van der Waals surface area (Å²) in [6.07, 6.45) is 0.490. The van der Waals surface area contributed by atoms with Crippen LogP contribution in [0.25, 0.3) is 0 Å². The van der Waals surface area contributed by atoms with Gasteiger partial charge in [-0.05, 0) is 12.1 Å². The van der Waals surface area contributed by atoms with Crippen molar-refractivity contribution in [3.05, 3.63) is 29.8 Å². The minimum atomic E-state index is -0.983. The van der Waals surface area contributed by atoms with Crippen molar-refractivity contribution in [2.75, 3.05) is 31.6 Å². The van der Waals surface area contributed by atoms with Crippen LogP contribution < -0.4 is 10.6 Å². The van der Waals surface area contributed by atoms with Gasteiger partial charge in [0.15, 0.2) is 0 Å². The van der Waals surface area contributed by atoms with Gasteiger partial charge in [0.25, 0.3) is 0 Å². The van der Waals surface area contributed by atoms with Crippen LogP contribution in [0.15, 0.2) is 18.2 Å². The SMILES string of the molecule is O=C(CNCC1(O)CCOC1)Nc1c(F)cccc1F. The van der Waals surface area contributed by atoms with E-state index in [0.29, 0.717) is 13.0 Å². The number of anilines is 1. The largest absolute Gasteiger partial charge is 0.386 e. The minimum absolute atomic E-state index is 0.157. The van der Waals surface area contributed by atoms with Crippen LogP contribution in [0.3, 0.4) is 0 Å². The summed E-state index contributed by atoms with van der Waals surface area (Å²) in [5.41, 5.74) is -1.45. The molecule has 0 spiro atoms. The van der Waals surface area contributed by atoms with Gasteiger partial charge in [-0.15, -0.1) is 0 Å². The molecular weight excluding hydrogens is 270 g/mol. The summed E-state index contributed by atoms with van der Waals surface area (Å²) in [5, 5.41) is 14.8. The molecule has 3 N–H and O–H groups in total. The molecule has 1 unspecified atom stereocenters. The molecular formula is C13H16F2N2O3. The van der Waals surface area contributed by atoms with E-state index in [9.17, 15) is 18.7 Å². The zero-order valence-electron chi connectivity index (χ0n) is 10.8. The van der Waals surface area contributed by atoms with Gasteiger partial charge in [-0.3, -0.25) is 4.79 Å². The van der Waals surface area contributed by atoms with Crippen molar-refractivity contribution in [3.63, 3.8) is 0 Å². The second-order valence-corrected chi connectivity index (χ2v) is 4.78.